The van der Waals surface area contributed by atoms with Gasteiger partial charge >= 0.3 is 0 Å². The Bertz CT molecular complexity index is 2180. The summed E-state index contributed by atoms with van der Waals surface area (Å²) in [6, 6.07) is 60.5. The van der Waals surface area contributed by atoms with Crippen LogP contribution in [0.15, 0.2) is 194 Å². The highest BCUT2D eigenvalue weighted by Crippen LogP contribution is 2.34. The monoisotopic (exact) mass is 848 g/mol. The van der Waals surface area contributed by atoms with Crippen molar-refractivity contribution in [3.63, 3.8) is 0 Å². The molecule has 0 unspecified atom stereocenters. The summed E-state index contributed by atoms with van der Waals surface area (Å²) >= 11 is 0. The van der Waals surface area contributed by atoms with Gasteiger partial charge in [-0.2, -0.15) is 0 Å². The maximum atomic E-state index is 7.13. The number of hydrogen-bond donors (Lipinski definition) is 0. The van der Waals surface area contributed by atoms with Gasteiger partial charge in [-0.05, 0) is 39.5 Å². The molecule has 0 amide bonds. The zero-order valence-corrected chi connectivity index (χ0v) is 35.4. The molecule has 0 N–H and O–H groups in total. The molecule has 6 aromatic carbocycles. The van der Waals surface area contributed by atoms with Crippen molar-refractivity contribution in [3.05, 3.63) is 228 Å². The summed E-state index contributed by atoms with van der Waals surface area (Å²) < 4.78 is 60.6. The van der Waals surface area contributed by atoms with Crippen LogP contribution >= 0.6 is 0 Å². The van der Waals surface area contributed by atoms with Crippen LogP contribution in [0.2, 0.25) is 0 Å². The van der Waals surface area contributed by atoms with E-state index >= 15 is 0 Å². The van der Waals surface area contributed by atoms with E-state index in [-0.39, 0.29) is 19.8 Å². The van der Waals surface area contributed by atoms with Crippen LogP contribution in [-0.4, -0.2) is 62.2 Å². The molecule has 0 aromatic heterocycles. The van der Waals surface area contributed by atoms with E-state index in [9.17, 15) is 0 Å². The van der Waals surface area contributed by atoms with Crippen molar-refractivity contribution in [2.24, 2.45) is 0 Å². The van der Waals surface area contributed by atoms with Gasteiger partial charge in [0.15, 0.2) is 6.29 Å². The third-order valence-electron chi connectivity index (χ3n) is 11.0. The Morgan fingerprint density at radius 2 is 0.698 bits per heavy atom. The molecule has 1 saturated heterocycles. The van der Waals surface area contributed by atoms with E-state index in [0.29, 0.717) is 33.0 Å². The van der Waals surface area contributed by atoms with Crippen LogP contribution in [0.1, 0.15) is 33.4 Å². The van der Waals surface area contributed by atoms with Crippen molar-refractivity contribution in [3.8, 4) is 0 Å². The lowest BCUT2D eigenvalue weighted by Gasteiger charge is -2.47. The predicted octanol–water partition coefficient (Wildman–Crippen LogP) is 9.78. The van der Waals surface area contributed by atoms with Crippen LogP contribution in [0.4, 0.5) is 0 Å². The second kappa shape index (κ2) is 23.8. The average Bonchev–Trinajstić information content (AvgIpc) is 3.34. The van der Waals surface area contributed by atoms with Gasteiger partial charge in [0, 0.05) is 0 Å². The normalized spacial score (nSPS) is 23.2. The molecule has 2 aliphatic heterocycles. The van der Waals surface area contributed by atoms with Gasteiger partial charge in [0.1, 0.15) is 42.7 Å². The lowest BCUT2D eigenvalue weighted by Crippen LogP contribution is -2.63. The molecule has 6 aromatic rings. The van der Waals surface area contributed by atoms with Crippen LogP contribution in [0.3, 0.4) is 0 Å². The molecule has 0 aliphatic carbocycles. The molecular formula is C54H56O9. The van der Waals surface area contributed by atoms with Gasteiger partial charge in [0.2, 0.25) is 0 Å². The fraction of sp³-hybridized carbons (Fsp3) is 0.296. The number of rotatable bonds is 22. The third-order valence-corrected chi connectivity index (χ3v) is 11.0. The van der Waals surface area contributed by atoms with Gasteiger partial charge in [0.25, 0.3) is 0 Å². The van der Waals surface area contributed by atoms with Crippen molar-refractivity contribution < 1.29 is 42.6 Å². The first-order valence-corrected chi connectivity index (χ1v) is 21.7. The van der Waals surface area contributed by atoms with E-state index in [1.165, 1.54) is 0 Å². The molecule has 0 radical (unpaired) electrons. The highest BCUT2D eigenvalue weighted by Gasteiger charge is 2.51. The summed E-state index contributed by atoms with van der Waals surface area (Å²) in [4.78, 5) is 0. The first-order valence-electron chi connectivity index (χ1n) is 21.7. The topological polar surface area (TPSA) is 83.1 Å². The Morgan fingerprint density at radius 1 is 0.349 bits per heavy atom. The molecule has 9 heteroatoms. The molecule has 2 heterocycles. The highest BCUT2D eigenvalue weighted by molar-refractivity contribution is 5.18. The van der Waals surface area contributed by atoms with Crippen LogP contribution in [0.25, 0.3) is 0 Å². The first-order chi connectivity index (χ1) is 31.2. The zero-order chi connectivity index (χ0) is 42.7. The maximum Gasteiger partial charge on any atom is 0.187 e. The molecule has 0 bridgehead atoms. The van der Waals surface area contributed by atoms with Crippen LogP contribution in [0, 0.1) is 0 Å². The maximum absolute atomic E-state index is 7.13. The van der Waals surface area contributed by atoms with Crippen molar-refractivity contribution in [1.29, 1.82) is 0 Å². The number of ether oxygens (including phenoxy) is 9. The Morgan fingerprint density at radius 3 is 1.13 bits per heavy atom. The van der Waals surface area contributed by atoms with Crippen LogP contribution < -0.4 is 0 Å². The Balaban J connectivity index is 1.11. The van der Waals surface area contributed by atoms with Gasteiger partial charge in [-0.3, -0.25) is 0 Å². The van der Waals surface area contributed by atoms with E-state index in [1.54, 1.807) is 6.26 Å². The lowest BCUT2D eigenvalue weighted by molar-refractivity contribution is -0.340. The summed E-state index contributed by atoms with van der Waals surface area (Å²) in [6.07, 6.45) is -1.72. The van der Waals surface area contributed by atoms with Crippen molar-refractivity contribution in [2.75, 3.05) is 13.2 Å². The first kappa shape index (κ1) is 44.2. The second-order valence-corrected chi connectivity index (χ2v) is 15.7. The van der Waals surface area contributed by atoms with Crippen molar-refractivity contribution in [2.45, 2.75) is 88.7 Å². The van der Waals surface area contributed by atoms with Gasteiger partial charge in [-0.25, -0.2) is 0 Å². The summed E-state index contributed by atoms with van der Waals surface area (Å²) in [5.74, 6) is 0. The largest absolute Gasteiger partial charge is 0.493 e. The number of benzene rings is 6. The van der Waals surface area contributed by atoms with E-state index in [4.69, 9.17) is 42.6 Å². The Labute approximate surface area is 371 Å². The molecule has 9 nitrogen and oxygen atoms in total. The quantitative estimate of drug-likeness (QED) is 0.0664. The van der Waals surface area contributed by atoms with Gasteiger partial charge in [-0.15, -0.1) is 0 Å². The summed E-state index contributed by atoms with van der Waals surface area (Å²) in [7, 11) is 0. The van der Waals surface area contributed by atoms with Crippen molar-refractivity contribution in [1.82, 2.24) is 0 Å². The van der Waals surface area contributed by atoms with E-state index in [1.807, 2.05) is 176 Å². The highest BCUT2D eigenvalue weighted by atomic mass is 16.7. The van der Waals surface area contributed by atoms with Gasteiger partial charge in [0.05, 0.1) is 59.1 Å². The zero-order valence-electron chi connectivity index (χ0n) is 35.4. The molecule has 2 aliphatic rings. The minimum absolute atomic E-state index is 0.207. The summed E-state index contributed by atoms with van der Waals surface area (Å²) in [5.41, 5.74) is 6.18. The Kier molecular flexibility index (Phi) is 16.7. The molecule has 326 valence electrons. The summed E-state index contributed by atoms with van der Waals surface area (Å²) in [5, 5.41) is 0. The van der Waals surface area contributed by atoms with E-state index in [2.05, 4.69) is 12.1 Å². The standard InChI is InChI=1S/C54H56O9/c1-7-19-41(20-8-1)33-55-39-48-50(58-35-43-23-11-3-12-24-43)47(31-32-57-48)62-54-53(61-38-46-29-17-6-18-30-46)52(60-37-45-27-15-5-16-28-45)51(59-36-44-25-13-4-14-26-44)49(63-54)40-56-34-42-21-9-2-10-22-42/h1-32,47-54H,33-40H2/t47-,48-,49-,50-,51+,52+,53-,54+/m1/s1. The molecule has 0 saturated carbocycles. The van der Waals surface area contributed by atoms with E-state index < -0.39 is 49.0 Å². The average molecular weight is 849 g/mol. The minimum atomic E-state index is -0.946. The van der Waals surface area contributed by atoms with Gasteiger partial charge < -0.3 is 42.6 Å². The van der Waals surface area contributed by atoms with E-state index in [0.717, 1.165) is 33.4 Å². The smallest absolute Gasteiger partial charge is 0.187 e. The fourth-order valence-corrected chi connectivity index (χ4v) is 7.73. The fourth-order valence-electron chi connectivity index (χ4n) is 7.73. The molecule has 8 atom stereocenters. The lowest BCUT2D eigenvalue weighted by atomic mass is 9.97. The van der Waals surface area contributed by atoms with Crippen LogP contribution in [-0.2, 0) is 82.3 Å². The predicted molar refractivity (Wildman–Crippen MR) is 240 cm³/mol. The molecule has 63 heavy (non-hydrogen) atoms. The summed E-state index contributed by atoms with van der Waals surface area (Å²) in [6.45, 7) is 2.56. The number of hydrogen-bond acceptors (Lipinski definition) is 9. The van der Waals surface area contributed by atoms with Crippen molar-refractivity contribution >= 4 is 0 Å². The SMILES string of the molecule is C1=C[C@@H](O[C@H]2O[C@H](COCc3ccccc3)[C@H](OCc3ccccc3)[C@H](OCc3ccccc3)[C@H]2OCc2ccccc2)[C@@H](OCc2ccccc2)[C@@H](COCc2ccccc2)O1. The van der Waals surface area contributed by atoms with Gasteiger partial charge in [-0.1, -0.05) is 182 Å². The second-order valence-electron chi connectivity index (χ2n) is 15.7. The minimum Gasteiger partial charge on any atom is -0.493 e. The molecular weight excluding hydrogens is 793 g/mol. The molecule has 8 rings (SSSR count). The molecule has 0 spiro atoms. The molecule has 1 fully saturated rings. The Hall–Kier alpha value is -5.46. The third kappa shape index (κ3) is 13.3. The van der Waals surface area contributed by atoms with Crippen LogP contribution in [0.5, 0.6) is 0 Å².